The van der Waals surface area contributed by atoms with E-state index >= 15 is 0 Å². The third kappa shape index (κ3) is 3.91. The Bertz CT molecular complexity index is 2360. The number of aryl methyl sites for hydroxylation is 3. The molecule has 0 aliphatic heterocycles. The van der Waals surface area contributed by atoms with Crippen molar-refractivity contribution in [2.75, 3.05) is 0 Å². The Labute approximate surface area is 248 Å². The van der Waals surface area contributed by atoms with Crippen LogP contribution in [0.1, 0.15) is 17.1 Å². The van der Waals surface area contributed by atoms with Crippen LogP contribution in [0, 0.1) is 20.8 Å². The summed E-state index contributed by atoms with van der Waals surface area (Å²) >= 11 is 0. The highest BCUT2D eigenvalue weighted by atomic mass is 15.2. The van der Waals surface area contributed by atoms with Crippen molar-refractivity contribution in [3.63, 3.8) is 0 Å². The largest absolute Gasteiger partial charge is 0.353 e. The molecular weight excluding hydrogens is 528 g/mol. The molecule has 6 heterocycles. The summed E-state index contributed by atoms with van der Waals surface area (Å²) in [5.41, 5.74) is 10.3. The van der Waals surface area contributed by atoms with Gasteiger partial charge in [-0.3, -0.25) is 15.0 Å². The van der Waals surface area contributed by atoms with Gasteiger partial charge in [0.05, 0.1) is 44.7 Å². The number of para-hydroxylation sites is 3. The molecule has 0 amide bonds. The molecule has 0 spiro atoms. The summed E-state index contributed by atoms with van der Waals surface area (Å²) in [6.45, 7) is 6.93. The van der Waals surface area contributed by atoms with Gasteiger partial charge >= 0.3 is 0 Å². The first-order valence-electron chi connectivity index (χ1n) is 14.6. The van der Waals surface area contributed by atoms with E-state index < -0.39 is 0 Å². The average Bonchev–Trinajstić information content (AvgIpc) is 3.69. The number of H-pyrrole nitrogens is 1. The van der Waals surface area contributed by atoms with Crippen LogP contribution >= 0.6 is 0 Å². The van der Waals surface area contributed by atoms with E-state index in [4.69, 9.17) is 0 Å². The lowest BCUT2D eigenvalue weighted by Crippen LogP contribution is -2.09. The molecule has 0 radical (unpaired) electrons. The molecule has 9 aromatic rings. The van der Waals surface area contributed by atoms with Crippen molar-refractivity contribution in [1.29, 1.82) is 0 Å². The van der Waals surface area contributed by atoms with Crippen LogP contribution in [0.3, 0.4) is 0 Å². The van der Waals surface area contributed by atoms with Crippen LogP contribution in [-0.4, -0.2) is 29.1 Å². The summed E-state index contributed by atoms with van der Waals surface area (Å²) in [5, 5.41) is 7.57. The van der Waals surface area contributed by atoms with Crippen molar-refractivity contribution in [2.45, 2.75) is 27.4 Å². The molecule has 1 N–H and O–H groups in total. The first kappa shape index (κ1) is 25.2. The van der Waals surface area contributed by atoms with Crippen molar-refractivity contribution in [1.82, 2.24) is 29.1 Å². The number of benzene rings is 3. The Kier molecular flexibility index (Phi) is 5.76. The van der Waals surface area contributed by atoms with E-state index in [1.54, 1.807) is 0 Å². The number of rotatable bonds is 2. The number of nitrogens with zero attached hydrogens (tertiary/aromatic N) is 5. The molecule has 0 atom stereocenters. The van der Waals surface area contributed by atoms with Gasteiger partial charge in [0.1, 0.15) is 6.67 Å². The Morgan fingerprint density at radius 2 is 0.953 bits per heavy atom. The van der Waals surface area contributed by atoms with Crippen molar-refractivity contribution in [3.8, 4) is 0 Å². The molecule has 43 heavy (non-hydrogen) atoms. The summed E-state index contributed by atoms with van der Waals surface area (Å²) in [5.74, 6) is 0. The minimum absolute atomic E-state index is 0.715. The second-order valence-electron chi connectivity index (χ2n) is 11.1. The zero-order chi connectivity index (χ0) is 29.1. The molecule has 0 unspecified atom stereocenters. The monoisotopic (exact) mass is 558 g/mol. The van der Waals surface area contributed by atoms with Crippen LogP contribution in [0.5, 0.6) is 0 Å². The van der Waals surface area contributed by atoms with Crippen molar-refractivity contribution >= 4 is 65.4 Å². The third-order valence-corrected chi connectivity index (χ3v) is 8.62. The van der Waals surface area contributed by atoms with Gasteiger partial charge in [0.15, 0.2) is 0 Å². The molecule has 0 saturated heterocycles. The van der Waals surface area contributed by atoms with Gasteiger partial charge in [-0.1, -0.05) is 54.6 Å². The molecule has 6 nitrogen and oxygen atoms in total. The molecule has 0 aliphatic carbocycles. The van der Waals surface area contributed by atoms with Gasteiger partial charge in [0.25, 0.3) is 0 Å². The predicted octanol–water partition coefficient (Wildman–Crippen LogP) is 8.84. The number of aromatic amines is 1. The zero-order valence-corrected chi connectivity index (χ0v) is 24.3. The van der Waals surface area contributed by atoms with Gasteiger partial charge in [-0.05, 0) is 57.2 Å². The van der Waals surface area contributed by atoms with Gasteiger partial charge in [-0.25, -0.2) is 0 Å². The third-order valence-electron chi connectivity index (χ3n) is 8.62. The van der Waals surface area contributed by atoms with Crippen LogP contribution in [0.2, 0.25) is 0 Å². The summed E-state index contributed by atoms with van der Waals surface area (Å²) in [6, 6.07) is 31.9. The molecule has 0 bridgehead atoms. The Morgan fingerprint density at radius 3 is 1.53 bits per heavy atom. The lowest BCUT2D eigenvalue weighted by Gasteiger charge is -2.13. The fourth-order valence-electron chi connectivity index (χ4n) is 6.69. The van der Waals surface area contributed by atoms with E-state index in [1.807, 2.05) is 31.6 Å². The highest BCUT2D eigenvalue weighted by Gasteiger charge is 2.17. The van der Waals surface area contributed by atoms with Crippen molar-refractivity contribution in [3.05, 3.63) is 127 Å². The quantitative estimate of drug-likeness (QED) is 0.230. The van der Waals surface area contributed by atoms with Crippen LogP contribution in [0.15, 0.2) is 110 Å². The first-order chi connectivity index (χ1) is 21.1. The lowest BCUT2D eigenvalue weighted by molar-refractivity contribution is 0.678. The van der Waals surface area contributed by atoms with E-state index in [1.165, 1.54) is 59.9 Å². The number of pyridine rings is 3. The number of aromatic nitrogens is 6. The van der Waals surface area contributed by atoms with Crippen molar-refractivity contribution < 1.29 is 0 Å². The van der Waals surface area contributed by atoms with E-state index in [-0.39, 0.29) is 0 Å². The van der Waals surface area contributed by atoms with Crippen molar-refractivity contribution in [2.24, 2.45) is 0 Å². The zero-order valence-electron chi connectivity index (χ0n) is 24.3. The summed E-state index contributed by atoms with van der Waals surface area (Å²) in [4.78, 5) is 16.8. The van der Waals surface area contributed by atoms with Gasteiger partial charge in [-0.15, -0.1) is 0 Å². The maximum absolute atomic E-state index is 4.59. The Hall–Kier alpha value is -5.49. The number of fused-ring (bicyclic) bond motifs is 9. The molecular formula is C37H30N6. The molecule has 6 aromatic heterocycles. The van der Waals surface area contributed by atoms with Crippen LogP contribution < -0.4 is 0 Å². The Morgan fingerprint density at radius 1 is 0.488 bits per heavy atom. The lowest BCUT2D eigenvalue weighted by atomic mass is 10.2. The standard InChI is InChI=1S/C25H20N4.C12H10N2/c1-16-24-20(11-13-26-16)18-7-3-5-9-22(18)28(24)15-29-23-10-6-4-8-19(23)21-12-14-27-17(2)25(21)29;1-8-12-10(6-7-13-8)9-4-2-3-5-11(9)14-12/h3-14H,15H2,1-2H3;2-7,14H,1H3. The van der Waals surface area contributed by atoms with E-state index in [0.29, 0.717) is 6.67 Å². The number of hydrogen-bond acceptors (Lipinski definition) is 3. The second-order valence-corrected chi connectivity index (χ2v) is 11.1. The molecule has 6 heteroatoms. The second kappa shape index (κ2) is 9.81. The maximum atomic E-state index is 4.59. The van der Waals surface area contributed by atoms with E-state index in [0.717, 1.165) is 22.6 Å². The van der Waals surface area contributed by atoms with Gasteiger partial charge < -0.3 is 14.1 Å². The minimum atomic E-state index is 0.715. The smallest absolute Gasteiger partial charge is 0.100 e. The van der Waals surface area contributed by atoms with Gasteiger partial charge in [0.2, 0.25) is 0 Å². The van der Waals surface area contributed by atoms with Gasteiger partial charge in [0, 0.05) is 56.4 Å². The van der Waals surface area contributed by atoms with E-state index in [2.05, 4.69) is 128 Å². The van der Waals surface area contributed by atoms with Crippen LogP contribution in [0.4, 0.5) is 0 Å². The number of nitrogens with one attached hydrogen (secondary N) is 1. The van der Waals surface area contributed by atoms with Crippen LogP contribution in [0.25, 0.3) is 65.4 Å². The molecule has 208 valence electrons. The SMILES string of the molecule is Cc1nccc2c1[nH]c1ccccc12.Cc1nccc2c3ccccc3n(Cn3c4ccccc4c4ccnc(C)c43)c12. The molecule has 0 fully saturated rings. The fraction of sp³-hybridized carbons (Fsp3) is 0.108. The fourth-order valence-corrected chi connectivity index (χ4v) is 6.69. The maximum Gasteiger partial charge on any atom is 0.100 e. The highest BCUT2D eigenvalue weighted by molar-refractivity contribution is 6.10. The highest BCUT2D eigenvalue weighted by Crippen LogP contribution is 2.34. The minimum Gasteiger partial charge on any atom is -0.353 e. The molecule has 0 saturated carbocycles. The van der Waals surface area contributed by atoms with E-state index in [9.17, 15) is 0 Å². The topological polar surface area (TPSA) is 64.3 Å². The average molecular weight is 559 g/mol. The molecule has 3 aromatic carbocycles. The normalized spacial score (nSPS) is 11.7. The van der Waals surface area contributed by atoms with Crippen LogP contribution in [-0.2, 0) is 6.67 Å². The number of hydrogen-bond donors (Lipinski definition) is 1. The summed E-state index contributed by atoms with van der Waals surface area (Å²) in [6.07, 6.45) is 5.67. The van der Waals surface area contributed by atoms with Gasteiger partial charge in [-0.2, -0.15) is 0 Å². The summed E-state index contributed by atoms with van der Waals surface area (Å²) in [7, 11) is 0. The summed E-state index contributed by atoms with van der Waals surface area (Å²) < 4.78 is 4.79. The molecule has 9 rings (SSSR count). The Balaban J connectivity index is 0.000000166. The molecule has 0 aliphatic rings. The first-order valence-corrected chi connectivity index (χ1v) is 14.6. The predicted molar refractivity (Wildman–Crippen MR) is 178 cm³/mol.